The number of aromatic nitrogens is 1. The van der Waals surface area contributed by atoms with E-state index in [-0.39, 0.29) is 11.8 Å². The largest absolute Gasteiger partial charge is 0.481 e. The zero-order valence-corrected chi connectivity index (χ0v) is 12.7. The summed E-state index contributed by atoms with van der Waals surface area (Å²) in [6.45, 7) is 0. The Labute approximate surface area is 128 Å². The molecule has 6 nitrogen and oxygen atoms in total. The molecule has 1 heterocycles. The van der Waals surface area contributed by atoms with Gasteiger partial charge in [0.15, 0.2) is 0 Å². The molecule has 2 aromatic rings. The molecule has 0 bridgehead atoms. The van der Waals surface area contributed by atoms with Gasteiger partial charge in [0, 0.05) is 37.6 Å². The summed E-state index contributed by atoms with van der Waals surface area (Å²) in [7, 11) is 4.86. The molecule has 0 saturated heterocycles. The van der Waals surface area contributed by atoms with Crippen LogP contribution in [0.4, 0.5) is 5.69 Å². The van der Waals surface area contributed by atoms with Gasteiger partial charge in [0.1, 0.15) is 0 Å². The van der Waals surface area contributed by atoms with E-state index in [1.807, 2.05) is 0 Å². The molecule has 0 spiro atoms. The number of benzene rings is 1. The van der Waals surface area contributed by atoms with Crippen molar-refractivity contribution < 1.29 is 14.3 Å². The van der Waals surface area contributed by atoms with Gasteiger partial charge in [-0.05, 0) is 24.3 Å². The number of anilines is 1. The highest BCUT2D eigenvalue weighted by Gasteiger charge is 2.11. The van der Waals surface area contributed by atoms with E-state index in [1.54, 1.807) is 50.5 Å². The number of rotatable bonds is 4. The van der Waals surface area contributed by atoms with Crippen molar-refractivity contribution in [2.24, 2.45) is 0 Å². The number of pyridine rings is 1. The van der Waals surface area contributed by atoms with Gasteiger partial charge >= 0.3 is 0 Å². The fourth-order valence-electron chi connectivity index (χ4n) is 1.83. The first-order chi connectivity index (χ1) is 10.5. The highest BCUT2D eigenvalue weighted by atomic mass is 16.5. The number of hydrogen-bond donors (Lipinski definition) is 1. The second-order valence-electron chi connectivity index (χ2n) is 4.82. The van der Waals surface area contributed by atoms with Crippen LogP contribution in [-0.2, 0) is 0 Å². The maximum Gasteiger partial charge on any atom is 0.257 e. The van der Waals surface area contributed by atoms with Crippen LogP contribution in [0.15, 0.2) is 42.6 Å². The van der Waals surface area contributed by atoms with Gasteiger partial charge in [-0.25, -0.2) is 4.98 Å². The summed E-state index contributed by atoms with van der Waals surface area (Å²) < 4.78 is 4.95. The van der Waals surface area contributed by atoms with Gasteiger partial charge in [0.25, 0.3) is 11.8 Å². The molecule has 2 amide bonds. The molecular weight excluding hydrogens is 282 g/mol. The average Bonchev–Trinajstić information content (AvgIpc) is 2.54. The molecule has 6 heteroatoms. The van der Waals surface area contributed by atoms with Gasteiger partial charge in [-0.2, -0.15) is 0 Å². The summed E-state index contributed by atoms with van der Waals surface area (Å²) in [6.07, 6.45) is 1.43. The summed E-state index contributed by atoms with van der Waals surface area (Å²) in [5, 5.41) is 2.74. The SMILES string of the molecule is COc1ccc(C(=O)Nc2cccc(C(=O)N(C)C)c2)cn1. The van der Waals surface area contributed by atoms with Gasteiger partial charge in [-0.1, -0.05) is 6.07 Å². The number of amides is 2. The fourth-order valence-corrected chi connectivity index (χ4v) is 1.83. The molecule has 1 N–H and O–H groups in total. The molecule has 1 aromatic heterocycles. The Balaban J connectivity index is 2.14. The molecule has 114 valence electrons. The Kier molecular flexibility index (Phi) is 4.73. The number of carbonyl (C=O) groups is 2. The second-order valence-corrected chi connectivity index (χ2v) is 4.82. The molecule has 0 aliphatic rings. The van der Waals surface area contributed by atoms with Crippen molar-refractivity contribution in [1.82, 2.24) is 9.88 Å². The van der Waals surface area contributed by atoms with Crippen LogP contribution in [0.3, 0.4) is 0 Å². The third-order valence-electron chi connectivity index (χ3n) is 2.98. The predicted octanol–water partition coefficient (Wildman–Crippen LogP) is 2.04. The van der Waals surface area contributed by atoms with E-state index < -0.39 is 0 Å². The number of nitrogens with zero attached hydrogens (tertiary/aromatic N) is 2. The van der Waals surface area contributed by atoms with Crippen LogP contribution in [0.2, 0.25) is 0 Å². The van der Waals surface area contributed by atoms with Crippen molar-refractivity contribution in [2.75, 3.05) is 26.5 Å². The molecule has 0 saturated carbocycles. The summed E-state index contributed by atoms with van der Waals surface area (Å²) in [6, 6.07) is 10.0. The van der Waals surface area contributed by atoms with E-state index in [1.165, 1.54) is 18.2 Å². The van der Waals surface area contributed by atoms with Crippen LogP contribution in [0.5, 0.6) is 5.88 Å². The maximum absolute atomic E-state index is 12.1. The highest BCUT2D eigenvalue weighted by molar-refractivity contribution is 6.05. The van der Waals surface area contributed by atoms with Gasteiger partial charge in [0.2, 0.25) is 5.88 Å². The fraction of sp³-hybridized carbons (Fsp3) is 0.188. The zero-order chi connectivity index (χ0) is 16.1. The minimum Gasteiger partial charge on any atom is -0.481 e. The monoisotopic (exact) mass is 299 g/mol. The van der Waals surface area contributed by atoms with Gasteiger partial charge in [0.05, 0.1) is 12.7 Å². The summed E-state index contributed by atoms with van der Waals surface area (Å²) >= 11 is 0. The second kappa shape index (κ2) is 6.71. The number of methoxy groups -OCH3 is 1. The topological polar surface area (TPSA) is 71.5 Å². The molecular formula is C16H17N3O3. The normalized spacial score (nSPS) is 9.95. The lowest BCUT2D eigenvalue weighted by molar-refractivity contribution is 0.0827. The van der Waals surface area contributed by atoms with Crippen molar-refractivity contribution in [3.05, 3.63) is 53.7 Å². The number of nitrogens with one attached hydrogen (secondary N) is 1. The van der Waals surface area contributed by atoms with Crippen molar-refractivity contribution in [1.29, 1.82) is 0 Å². The molecule has 0 aliphatic heterocycles. The first-order valence-electron chi connectivity index (χ1n) is 6.64. The molecule has 0 atom stereocenters. The Morgan fingerprint density at radius 1 is 1.14 bits per heavy atom. The van der Waals surface area contributed by atoms with Crippen molar-refractivity contribution in [3.63, 3.8) is 0 Å². The standard InChI is InChI=1S/C16H17N3O3/c1-19(2)16(21)11-5-4-6-13(9-11)18-15(20)12-7-8-14(22-3)17-10-12/h4-10H,1-3H3,(H,18,20). The summed E-state index contributed by atoms with van der Waals surface area (Å²) in [5.74, 6) is 0.0157. The van der Waals surface area contributed by atoms with Crippen LogP contribution < -0.4 is 10.1 Å². The van der Waals surface area contributed by atoms with Gasteiger partial charge in [-0.3, -0.25) is 9.59 Å². The molecule has 0 aliphatic carbocycles. The first-order valence-corrected chi connectivity index (χ1v) is 6.64. The van der Waals surface area contributed by atoms with Crippen LogP contribution in [-0.4, -0.2) is 42.9 Å². The van der Waals surface area contributed by atoms with E-state index in [2.05, 4.69) is 10.3 Å². The minimum atomic E-state index is -0.301. The number of carbonyl (C=O) groups excluding carboxylic acids is 2. The van der Waals surface area contributed by atoms with Crippen LogP contribution in [0, 0.1) is 0 Å². The molecule has 0 fully saturated rings. The van der Waals surface area contributed by atoms with E-state index in [9.17, 15) is 9.59 Å². The third kappa shape index (κ3) is 3.60. The minimum absolute atomic E-state index is 0.123. The smallest absolute Gasteiger partial charge is 0.257 e. The van der Waals surface area contributed by atoms with Crippen LogP contribution in [0.1, 0.15) is 20.7 Å². The maximum atomic E-state index is 12.1. The Hall–Kier alpha value is -2.89. The molecule has 22 heavy (non-hydrogen) atoms. The van der Waals surface area contributed by atoms with Crippen molar-refractivity contribution in [3.8, 4) is 5.88 Å². The third-order valence-corrected chi connectivity index (χ3v) is 2.98. The summed E-state index contributed by atoms with van der Waals surface area (Å²) in [5.41, 5.74) is 1.47. The Bertz CT molecular complexity index is 681. The summed E-state index contributed by atoms with van der Waals surface area (Å²) in [4.78, 5) is 29.5. The average molecular weight is 299 g/mol. The van der Waals surface area contributed by atoms with E-state index in [0.29, 0.717) is 22.7 Å². The molecule has 0 radical (unpaired) electrons. The quantitative estimate of drug-likeness (QED) is 0.938. The number of ether oxygens (including phenoxy) is 1. The van der Waals surface area contributed by atoms with Gasteiger partial charge in [-0.15, -0.1) is 0 Å². The van der Waals surface area contributed by atoms with E-state index in [4.69, 9.17) is 4.74 Å². The predicted molar refractivity (Wildman–Crippen MR) is 83.2 cm³/mol. The van der Waals surface area contributed by atoms with Crippen LogP contribution >= 0.6 is 0 Å². The zero-order valence-electron chi connectivity index (χ0n) is 12.7. The van der Waals surface area contributed by atoms with Crippen molar-refractivity contribution >= 4 is 17.5 Å². The molecule has 2 rings (SSSR count). The van der Waals surface area contributed by atoms with E-state index >= 15 is 0 Å². The lowest BCUT2D eigenvalue weighted by Gasteiger charge is -2.11. The van der Waals surface area contributed by atoms with Gasteiger partial charge < -0.3 is 15.0 Å². The first kappa shape index (κ1) is 15.5. The van der Waals surface area contributed by atoms with Crippen LogP contribution in [0.25, 0.3) is 0 Å². The van der Waals surface area contributed by atoms with E-state index in [0.717, 1.165) is 0 Å². The lowest BCUT2D eigenvalue weighted by atomic mass is 10.1. The Morgan fingerprint density at radius 3 is 2.50 bits per heavy atom. The highest BCUT2D eigenvalue weighted by Crippen LogP contribution is 2.14. The molecule has 1 aromatic carbocycles. The Morgan fingerprint density at radius 2 is 1.91 bits per heavy atom. The molecule has 0 unspecified atom stereocenters. The van der Waals surface area contributed by atoms with Crippen molar-refractivity contribution in [2.45, 2.75) is 0 Å². The lowest BCUT2D eigenvalue weighted by Crippen LogP contribution is -2.22. The number of hydrogen-bond acceptors (Lipinski definition) is 4.